The van der Waals surface area contributed by atoms with Crippen molar-refractivity contribution in [3.8, 4) is 11.5 Å². The van der Waals surface area contributed by atoms with Crippen molar-refractivity contribution in [1.82, 2.24) is 0 Å². The Balaban J connectivity index is 1.46. The van der Waals surface area contributed by atoms with Crippen molar-refractivity contribution in [1.29, 1.82) is 0 Å². The summed E-state index contributed by atoms with van der Waals surface area (Å²) in [4.78, 5) is 0. The Morgan fingerprint density at radius 1 is 1.39 bits per heavy atom. The molecule has 2 unspecified atom stereocenters. The minimum atomic E-state index is 0.139. The molecule has 0 radical (unpaired) electrons. The molecule has 2 heterocycles. The van der Waals surface area contributed by atoms with E-state index in [9.17, 15) is 0 Å². The first-order valence-electron chi connectivity index (χ1n) is 8.89. The lowest BCUT2D eigenvalue weighted by Gasteiger charge is -2.08. The van der Waals surface area contributed by atoms with Crippen LogP contribution in [0.4, 0.5) is 0 Å². The molecule has 0 aromatic heterocycles. The van der Waals surface area contributed by atoms with Gasteiger partial charge in [-0.1, -0.05) is 25.5 Å². The van der Waals surface area contributed by atoms with Crippen molar-refractivity contribution in [3.63, 3.8) is 0 Å². The molecule has 2 aliphatic rings. The Labute approximate surface area is 139 Å². The molecular weight excluding hydrogens is 288 g/mol. The molecule has 0 amide bonds. The highest BCUT2D eigenvalue weighted by Crippen LogP contribution is 2.42. The van der Waals surface area contributed by atoms with Crippen molar-refractivity contribution in [2.45, 2.75) is 64.6 Å². The van der Waals surface area contributed by atoms with Crippen molar-refractivity contribution >= 4 is 0 Å². The molecule has 126 valence electrons. The third kappa shape index (κ3) is 3.89. The minimum absolute atomic E-state index is 0.139. The average molecular weight is 316 g/mol. The molecule has 3 heteroatoms. The van der Waals surface area contributed by atoms with Crippen LogP contribution in [0.1, 0.15) is 52.0 Å². The van der Waals surface area contributed by atoms with E-state index < -0.39 is 0 Å². The zero-order valence-corrected chi connectivity index (χ0v) is 14.6. The summed E-state index contributed by atoms with van der Waals surface area (Å²) >= 11 is 0. The van der Waals surface area contributed by atoms with E-state index in [-0.39, 0.29) is 5.60 Å². The Hall–Kier alpha value is -1.48. The lowest BCUT2D eigenvalue weighted by atomic mass is 9.98. The van der Waals surface area contributed by atoms with Crippen LogP contribution in [0.15, 0.2) is 29.8 Å². The highest BCUT2D eigenvalue weighted by atomic mass is 16.6. The number of epoxide rings is 1. The second-order valence-corrected chi connectivity index (χ2v) is 6.71. The first-order valence-corrected chi connectivity index (χ1v) is 8.89. The molecule has 1 fully saturated rings. The highest BCUT2D eigenvalue weighted by Gasteiger charge is 2.49. The zero-order valence-electron chi connectivity index (χ0n) is 14.6. The monoisotopic (exact) mass is 316 g/mol. The van der Waals surface area contributed by atoms with Gasteiger partial charge in [0.1, 0.15) is 18.1 Å². The molecular formula is C20H28O3. The summed E-state index contributed by atoms with van der Waals surface area (Å²) in [6.07, 6.45) is 8.08. The number of hydrogen-bond acceptors (Lipinski definition) is 3. The molecule has 0 spiro atoms. The van der Waals surface area contributed by atoms with Crippen LogP contribution in [-0.4, -0.2) is 24.9 Å². The third-order valence-electron chi connectivity index (χ3n) is 5.21. The predicted molar refractivity (Wildman–Crippen MR) is 92.3 cm³/mol. The summed E-state index contributed by atoms with van der Waals surface area (Å²) in [5.41, 5.74) is 2.88. The molecule has 0 aliphatic carbocycles. The number of allylic oxidation sites excluding steroid dienone is 1. The van der Waals surface area contributed by atoms with Crippen LogP contribution in [0, 0.1) is 0 Å². The fraction of sp³-hybridized carbons (Fsp3) is 0.600. The third-order valence-corrected chi connectivity index (χ3v) is 5.21. The fourth-order valence-corrected chi connectivity index (χ4v) is 3.20. The molecule has 23 heavy (non-hydrogen) atoms. The SMILES string of the molecule is CCC(=CCOc1ccc2c(c1)OCC2)CCC1OC1(C)CC. The maximum absolute atomic E-state index is 5.86. The summed E-state index contributed by atoms with van der Waals surface area (Å²) in [7, 11) is 0. The van der Waals surface area contributed by atoms with Gasteiger partial charge in [-0.3, -0.25) is 0 Å². The first-order chi connectivity index (χ1) is 11.1. The Kier molecular flexibility index (Phi) is 4.96. The number of ether oxygens (including phenoxy) is 3. The molecule has 2 aliphatic heterocycles. The van der Waals surface area contributed by atoms with E-state index in [4.69, 9.17) is 14.2 Å². The van der Waals surface area contributed by atoms with E-state index in [2.05, 4.69) is 32.9 Å². The molecule has 0 bridgehead atoms. The standard InChI is InChI=1S/C20H28O3/c1-4-15(6-9-19-20(3,5-2)23-19)10-12-21-17-8-7-16-11-13-22-18(16)14-17/h7-8,10,14,19H,4-6,9,11-13H2,1-3H3. The lowest BCUT2D eigenvalue weighted by molar-refractivity contribution is 0.300. The number of hydrogen-bond donors (Lipinski definition) is 0. The van der Waals surface area contributed by atoms with Crippen molar-refractivity contribution in [2.24, 2.45) is 0 Å². The fourth-order valence-electron chi connectivity index (χ4n) is 3.20. The maximum Gasteiger partial charge on any atom is 0.126 e. The maximum atomic E-state index is 5.86. The summed E-state index contributed by atoms with van der Waals surface area (Å²) < 4.78 is 17.2. The Morgan fingerprint density at radius 2 is 2.26 bits per heavy atom. The van der Waals surface area contributed by atoms with E-state index in [1.807, 2.05) is 12.1 Å². The van der Waals surface area contributed by atoms with Gasteiger partial charge in [-0.05, 0) is 50.3 Å². The quantitative estimate of drug-likeness (QED) is 0.515. The van der Waals surface area contributed by atoms with Crippen molar-refractivity contribution < 1.29 is 14.2 Å². The van der Waals surface area contributed by atoms with Gasteiger partial charge in [0.25, 0.3) is 0 Å². The van der Waals surface area contributed by atoms with Crippen LogP contribution in [0.2, 0.25) is 0 Å². The molecule has 1 aromatic carbocycles. The Morgan fingerprint density at radius 3 is 3.00 bits per heavy atom. The van der Waals surface area contributed by atoms with Crippen LogP contribution < -0.4 is 9.47 Å². The van der Waals surface area contributed by atoms with E-state index >= 15 is 0 Å². The van der Waals surface area contributed by atoms with Crippen LogP contribution in [0.3, 0.4) is 0 Å². The zero-order chi connectivity index (χ0) is 16.3. The van der Waals surface area contributed by atoms with Crippen LogP contribution in [0.5, 0.6) is 11.5 Å². The van der Waals surface area contributed by atoms with Gasteiger partial charge in [-0.15, -0.1) is 0 Å². The molecule has 0 N–H and O–H groups in total. The normalized spacial score (nSPS) is 25.9. The van der Waals surface area contributed by atoms with Crippen LogP contribution >= 0.6 is 0 Å². The van der Waals surface area contributed by atoms with Crippen molar-refractivity contribution in [2.75, 3.05) is 13.2 Å². The molecule has 1 aromatic rings. The Bertz CT molecular complexity index is 578. The molecule has 0 saturated carbocycles. The first kappa shape index (κ1) is 16.4. The predicted octanol–water partition coefficient (Wildman–Crippen LogP) is 4.68. The summed E-state index contributed by atoms with van der Waals surface area (Å²) in [5.74, 6) is 1.87. The molecule has 3 nitrogen and oxygen atoms in total. The second-order valence-electron chi connectivity index (χ2n) is 6.71. The second kappa shape index (κ2) is 6.96. The highest BCUT2D eigenvalue weighted by molar-refractivity contribution is 5.42. The number of fused-ring (bicyclic) bond motifs is 1. The molecule has 1 saturated heterocycles. The molecule has 3 rings (SSSR count). The van der Waals surface area contributed by atoms with Crippen LogP contribution in [0.25, 0.3) is 0 Å². The van der Waals surface area contributed by atoms with Gasteiger partial charge in [0.15, 0.2) is 0 Å². The van der Waals surface area contributed by atoms with E-state index in [0.717, 1.165) is 50.2 Å². The van der Waals surface area contributed by atoms with Gasteiger partial charge in [-0.25, -0.2) is 0 Å². The van der Waals surface area contributed by atoms with Gasteiger partial charge in [0, 0.05) is 12.5 Å². The largest absolute Gasteiger partial charge is 0.493 e. The van der Waals surface area contributed by atoms with Gasteiger partial charge in [0.2, 0.25) is 0 Å². The van der Waals surface area contributed by atoms with E-state index in [1.165, 1.54) is 11.1 Å². The molecule has 2 atom stereocenters. The van der Waals surface area contributed by atoms with E-state index in [0.29, 0.717) is 12.7 Å². The average Bonchev–Trinajstić information content (AvgIpc) is 3.01. The van der Waals surface area contributed by atoms with Crippen molar-refractivity contribution in [3.05, 3.63) is 35.4 Å². The smallest absolute Gasteiger partial charge is 0.126 e. The van der Waals surface area contributed by atoms with Gasteiger partial charge in [-0.2, -0.15) is 0 Å². The number of rotatable bonds is 8. The van der Waals surface area contributed by atoms with Gasteiger partial charge in [0.05, 0.1) is 18.3 Å². The summed E-state index contributed by atoms with van der Waals surface area (Å²) in [5, 5.41) is 0. The summed E-state index contributed by atoms with van der Waals surface area (Å²) in [6.45, 7) is 8.04. The summed E-state index contributed by atoms with van der Waals surface area (Å²) in [6, 6.07) is 6.16. The topological polar surface area (TPSA) is 31.0 Å². The number of benzene rings is 1. The minimum Gasteiger partial charge on any atom is -0.493 e. The van der Waals surface area contributed by atoms with E-state index in [1.54, 1.807) is 0 Å². The lowest BCUT2D eigenvalue weighted by Crippen LogP contribution is -2.07. The van der Waals surface area contributed by atoms with Gasteiger partial charge < -0.3 is 14.2 Å². The van der Waals surface area contributed by atoms with Crippen LogP contribution in [-0.2, 0) is 11.2 Å². The van der Waals surface area contributed by atoms with Gasteiger partial charge >= 0.3 is 0 Å².